The first-order valence-corrected chi connectivity index (χ1v) is 8.44. The van der Waals surface area contributed by atoms with Gasteiger partial charge in [-0.1, -0.05) is 18.2 Å². The molecule has 6 nitrogen and oxygen atoms in total. The van der Waals surface area contributed by atoms with Gasteiger partial charge in [0.1, 0.15) is 6.10 Å². The van der Waals surface area contributed by atoms with E-state index in [2.05, 4.69) is 15.0 Å². The zero-order valence-electron chi connectivity index (χ0n) is 14.9. The fourth-order valence-corrected chi connectivity index (χ4v) is 2.73. The molecule has 0 spiro atoms. The molecule has 1 aromatic carbocycles. The van der Waals surface area contributed by atoms with E-state index in [0.717, 1.165) is 11.1 Å². The molecule has 0 saturated carbocycles. The number of fused-ring (bicyclic) bond motifs is 1. The first kappa shape index (κ1) is 18.6. The number of hydrogen-bond donors (Lipinski definition) is 1. The smallest absolute Gasteiger partial charge is 0.407 e. The standard InChI is InChI=1S/C19H19F2N3O3/c1-3-22-19(25)26-12(2)13-5-4-6-14(9-13)15-10-16(27-18(20)21)17-23-7-8-24(17)11-15/h4-12,18H,3H2,1-2H3,(H,22,25). The van der Waals surface area contributed by atoms with Crippen LogP contribution in [0, 0.1) is 0 Å². The number of carbonyl (C=O) groups excluding carboxylic acids is 1. The first-order valence-electron chi connectivity index (χ1n) is 8.44. The van der Waals surface area contributed by atoms with Crippen LogP contribution in [0.5, 0.6) is 5.75 Å². The fraction of sp³-hybridized carbons (Fsp3) is 0.263. The summed E-state index contributed by atoms with van der Waals surface area (Å²) in [6.07, 6.45) is 3.97. The SMILES string of the molecule is CCNC(=O)OC(C)c1cccc(-c2cc(OC(F)F)c3nccn3c2)c1. The van der Waals surface area contributed by atoms with E-state index in [4.69, 9.17) is 4.74 Å². The maximum atomic E-state index is 12.7. The first-order chi connectivity index (χ1) is 13.0. The van der Waals surface area contributed by atoms with E-state index in [1.165, 1.54) is 12.3 Å². The Labute approximate surface area is 154 Å². The molecule has 1 amide bonds. The molecule has 0 radical (unpaired) electrons. The van der Waals surface area contributed by atoms with Crippen molar-refractivity contribution in [2.45, 2.75) is 26.6 Å². The van der Waals surface area contributed by atoms with Crippen molar-refractivity contribution >= 4 is 11.7 Å². The van der Waals surface area contributed by atoms with Crippen LogP contribution >= 0.6 is 0 Å². The second-order valence-electron chi connectivity index (χ2n) is 5.83. The van der Waals surface area contributed by atoms with Crippen LogP contribution in [0.25, 0.3) is 16.8 Å². The second kappa shape index (κ2) is 8.03. The predicted molar refractivity (Wildman–Crippen MR) is 95.8 cm³/mol. The van der Waals surface area contributed by atoms with Gasteiger partial charge in [-0.25, -0.2) is 9.78 Å². The van der Waals surface area contributed by atoms with Crippen LogP contribution in [-0.4, -0.2) is 28.6 Å². The topological polar surface area (TPSA) is 64.9 Å². The monoisotopic (exact) mass is 375 g/mol. The number of carbonyl (C=O) groups is 1. The molecule has 27 heavy (non-hydrogen) atoms. The van der Waals surface area contributed by atoms with Crippen molar-refractivity contribution in [1.29, 1.82) is 0 Å². The number of nitrogens with one attached hydrogen (secondary N) is 1. The lowest BCUT2D eigenvalue weighted by molar-refractivity contribution is -0.0491. The summed E-state index contributed by atoms with van der Waals surface area (Å²) in [5, 5.41) is 2.58. The van der Waals surface area contributed by atoms with Crippen molar-refractivity contribution in [2.75, 3.05) is 6.54 Å². The van der Waals surface area contributed by atoms with E-state index in [0.29, 0.717) is 17.8 Å². The van der Waals surface area contributed by atoms with E-state index >= 15 is 0 Å². The average Bonchev–Trinajstić information content (AvgIpc) is 3.10. The van der Waals surface area contributed by atoms with Crippen molar-refractivity contribution in [3.8, 4) is 16.9 Å². The molecule has 0 bridgehead atoms. The molecule has 0 aliphatic carbocycles. The van der Waals surface area contributed by atoms with Gasteiger partial charge in [0, 0.05) is 30.7 Å². The number of imidazole rings is 1. The Kier molecular flexibility index (Phi) is 5.54. The quantitative estimate of drug-likeness (QED) is 0.693. The van der Waals surface area contributed by atoms with Gasteiger partial charge in [-0.3, -0.25) is 0 Å². The lowest BCUT2D eigenvalue weighted by Gasteiger charge is -2.15. The molecule has 1 unspecified atom stereocenters. The number of benzene rings is 1. The number of amides is 1. The van der Waals surface area contributed by atoms with Crippen LogP contribution in [0.15, 0.2) is 48.9 Å². The Morgan fingerprint density at radius 2 is 2.11 bits per heavy atom. The Hall–Kier alpha value is -3.16. The zero-order chi connectivity index (χ0) is 19.4. The number of rotatable bonds is 6. The zero-order valence-corrected chi connectivity index (χ0v) is 14.9. The number of hydrogen-bond acceptors (Lipinski definition) is 4. The van der Waals surface area contributed by atoms with Crippen molar-refractivity contribution in [1.82, 2.24) is 14.7 Å². The summed E-state index contributed by atoms with van der Waals surface area (Å²) in [4.78, 5) is 15.7. The number of halogens is 2. The lowest BCUT2D eigenvalue weighted by Crippen LogP contribution is -2.24. The molecule has 2 aromatic heterocycles. The normalized spacial score (nSPS) is 12.2. The Morgan fingerprint density at radius 1 is 1.30 bits per heavy atom. The summed E-state index contributed by atoms with van der Waals surface area (Å²) in [7, 11) is 0. The third-order valence-corrected chi connectivity index (χ3v) is 3.96. The third kappa shape index (κ3) is 4.33. The molecule has 8 heteroatoms. The maximum absolute atomic E-state index is 12.7. The van der Waals surface area contributed by atoms with Gasteiger partial charge in [0.05, 0.1) is 0 Å². The Morgan fingerprint density at radius 3 is 2.85 bits per heavy atom. The van der Waals surface area contributed by atoms with Gasteiger partial charge in [-0.2, -0.15) is 8.78 Å². The summed E-state index contributed by atoms with van der Waals surface area (Å²) in [6.45, 7) is 1.10. The van der Waals surface area contributed by atoms with Crippen molar-refractivity contribution in [3.05, 3.63) is 54.5 Å². The van der Waals surface area contributed by atoms with E-state index < -0.39 is 18.8 Å². The van der Waals surface area contributed by atoms with E-state index in [-0.39, 0.29) is 5.75 Å². The number of pyridine rings is 1. The molecule has 3 aromatic rings. The van der Waals surface area contributed by atoms with Crippen molar-refractivity contribution in [3.63, 3.8) is 0 Å². The third-order valence-electron chi connectivity index (χ3n) is 3.96. The van der Waals surface area contributed by atoms with Crippen LogP contribution in [-0.2, 0) is 4.74 Å². The predicted octanol–water partition coefficient (Wildman–Crippen LogP) is 4.41. The highest BCUT2D eigenvalue weighted by Gasteiger charge is 2.15. The van der Waals surface area contributed by atoms with Gasteiger partial charge < -0.3 is 19.2 Å². The summed E-state index contributed by atoms with van der Waals surface area (Å²) in [6, 6.07) is 8.84. The van der Waals surface area contributed by atoms with Crippen LogP contribution in [0.4, 0.5) is 13.6 Å². The molecule has 1 N–H and O–H groups in total. The minimum atomic E-state index is -2.95. The highest BCUT2D eigenvalue weighted by Crippen LogP contribution is 2.30. The molecule has 0 aliphatic heterocycles. The number of alkyl carbamates (subject to hydrolysis) is 1. The molecule has 142 valence electrons. The number of alkyl halides is 2. The molecule has 2 heterocycles. The summed E-state index contributed by atoms with van der Waals surface area (Å²) in [5.74, 6) is -0.00970. The van der Waals surface area contributed by atoms with Crippen molar-refractivity contribution in [2.24, 2.45) is 0 Å². The van der Waals surface area contributed by atoms with E-state index in [9.17, 15) is 13.6 Å². The summed E-state index contributed by atoms with van der Waals surface area (Å²) < 4.78 is 37.0. The molecule has 1 atom stereocenters. The van der Waals surface area contributed by atoms with Gasteiger partial charge in [0.25, 0.3) is 0 Å². The largest absolute Gasteiger partial charge is 0.442 e. The van der Waals surface area contributed by atoms with Crippen LogP contribution in [0.3, 0.4) is 0 Å². The van der Waals surface area contributed by atoms with Gasteiger partial charge in [-0.05, 0) is 37.1 Å². The number of aromatic nitrogens is 2. The summed E-state index contributed by atoms with van der Waals surface area (Å²) in [5.41, 5.74) is 2.53. The lowest BCUT2D eigenvalue weighted by atomic mass is 10.0. The van der Waals surface area contributed by atoms with Crippen LogP contribution in [0.1, 0.15) is 25.5 Å². The highest BCUT2D eigenvalue weighted by atomic mass is 19.3. The molecule has 0 fully saturated rings. The highest BCUT2D eigenvalue weighted by molar-refractivity contribution is 5.70. The average molecular weight is 375 g/mol. The molecule has 0 aliphatic rings. The molecule has 3 rings (SSSR count). The van der Waals surface area contributed by atoms with Gasteiger partial charge in [0.15, 0.2) is 11.4 Å². The van der Waals surface area contributed by atoms with E-state index in [1.807, 2.05) is 24.3 Å². The van der Waals surface area contributed by atoms with E-state index in [1.54, 1.807) is 30.6 Å². The number of nitrogens with zero attached hydrogens (tertiary/aromatic N) is 2. The summed E-state index contributed by atoms with van der Waals surface area (Å²) >= 11 is 0. The molecular weight excluding hydrogens is 356 g/mol. The fourth-order valence-electron chi connectivity index (χ4n) is 2.73. The molecule has 0 saturated heterocycles. The minimum absolute atomic E-state index is 0.00970. The van der Waals surface area contributed by atoms with Crippen LogP contribution < -0.4 is 10.1 Å². The Balaban J connectivity index is 1.93. The van der Waals surface area contributed by atoms with Gasteiger partial charge in [0.2, 0.25) is 0 Å². The number of ether oxygens (including phenoxy) is 2. The Bertz CT molecular complexity index is 943. The molecular formula is C19H19F2N3O3. The van der Waals surface area contributed by atoms with Crippen LogP contribution in [0.2, 0.25) is 0 Å². The van der Waals surface area contributed by atoms with Crippen molar-refractivity contribution < 1.29 is 23.0 Å². The minimum Gasteiger partial charge on any atom is -0.442 e. The van der Waals surface area contributed by atoms with Gasteiger partial charge in [-0.15, -0.1) is 0 Å². The maximum Gasteiger partial charge on any atom is 0.407 e. The van der Waals surface area contributed by atoms with Gasteiger partial charge >= 0.3 is 12.7 Å². The second-order valence-corrected chi connectivity index (χ2v) is 5.83.